The van der Waals surface area contributed by atoms with Crippen molar-refractivity contribution in [2.24, 2.45) is 0 Å². The Labute approximate surface area is 103 Å². The highest BCUT2D eigenvalue weighted by molar-refractivity contribution is 5.56. The third-order valence-electron chi connectivity index (χ3n) is 3.48. The molecule has 3 heteroatoms. The van der Waals surface area contributed by atoms with Gasteiger partial charge >= 0.3 is 0 Å². The molecule has 0 amide bonds. The van der Waals surface area contributed by atoms with Gasteiger partial charge in [-0.2, -0.15) is 0 Å². The maximum Gasteiger partial charge on any atom is 0.146 e. The van der Waals surface area contributed by atoms with Crippen molar-refractivity contribution in [2.45, 2.75) is 39.3 Å². The molecule has 2 nitrogen and oxygen atoms in total. The van der Waals surface area contributed by atoms with Crippen LogP contribution >= 0.6 is 0 Å². The molecule has 1 aliphatic rings. The zero-order valence-corrected chi connectivity index (χ0v) is 10.7. The summed E-state index contributed by atoms with van der Waals surface area (Å²) >= 11 is 0. The lowest BCUT2D eigenvalue weighted by atomic mass is 10.1. The normalized spacial score (nSPS) is 19.9. The monoisotopic (exact) mass is 236 g/mol. The molecule has 17 heavy (non-hydrogen) atoms. The predicted octanol–water partition coefficient (Wildman–Crippen LogP) is 2.92. The van der Waals surface area contributed by atoms with Gasteiger partial charge in [0.1, 0.15) is 5.82 Å². The number of para-hydroxylation sites is 1. The van der Waals surface area contributed by atoms with Gasteiger partial charge in [0.05, 0.1) is 5.69 Å². The van der Waals surface area contributed by atoms with Gasteiger partial charge < -0.3 is 10.2 Å². The number of hydrogen-bond donors (Lipinski definition) is 1. The molecule has 1 fully saturated rings. The van der Waals surface area contributed by atoms with Crippen molar-refractivity contribution in [3.05, 3.63) is 29.6 Å². The minimum atomic E-state index is -0.0887. The first-order valence-corrected chi connectivity index (χ1v) is 6.48. The van der Waals surface area contributed by atoms with Crippen molar-refractivity contribution < 1.29 is 4.39 Å². The molecule has 1 N–H and O–H groups in total. The van der Waals surface area contributed by atoms with Gasteiger partial charge in [0, 0.05) is 19.1 Å². The summed E-state index contributed by atoms with van der Waals surface area (Å²) in [5.74, 6) is -0.0887. The van der Waals surface area contributed by atoms with Crippen molar-refractivity contribution in [3.63, 3.8) is 0 Å². The Morgan fingerprint density at radius 2 is 2.29 bits per heavy atom. The topological polar surface area (TPSA) is 15.3 Å². The predicted molar refractivity (Wildman–Crippen MR) is 69.8 cm³/mol. The van der Waals surface area contributed by atoms with Gasteiger partial charge in [-0.25, -0.2) is 4.39 Å². The van der Waals surface area contributed by atoms with Crippen LogP contribution in [-0.4, -0.2) is 19.1 Å². The fourth-order valence-electron chi connectivity index (χ4n) is 2.55. The fraction of sp³-hybridized carbons (Fsp3) is 0.571. The highest BCUT2D eigenvalue weighted by atomic mass is 19.1. The maximum atomic E-state index is 14.0. The van der Waals surface area contributed by atoms with E-state index in [9.17, 15) is 4.39 Å². The number of nitrogens with zero attached hydrogens (tertiary/aromatic N) is 1. The van der Waals surface area contributed by atoms with E-state index < -0.39 is 0 Å². The summed E-state index contributed by atoms with van der Waals surface area (Å²) in [6.07, 6.45) is 2.32. The molecule has 0 bridgehead atoms. The summed E-state index contributed by atoms with van der Waals surface area (Å²) in [4.78, 5) is 2.21. The Kier molecular flexibility index (Phi) is 4.00. The van der Waals surface area contributed by atoms with E-state index in [2.05, 4.69) is 24.1 Å². The molecule has 1 aliphatic heterocycles. The lowest BCUT2D eigenvalue weighted by molar-refractivity contribution is 0.606. The molecular formula is C14H21FN2. The summed E-state index contributed by atoms with van der Waals surface area (Å²) in [5, 5.41) is 3.28. The Balaban J connectivity index is 2.29. The summed E-state index contributed by atoms with van der Waals surface area (Å²) in [7, 11) is 0. The van der Waals surface area contributed by atoms with Crippen LogP contribution in [0.15, 0.2) is 18.2 Å². The van der Waals surface area contributed by atoms with Crippen LogP contribution in [0.2, 0.25) is 0 Å². The van der Waals surface area contributed by atoms with Gasteiger partial charge in [0.15, 0.2) is 0 Å². The smallest absolute Gasteiger partial charge is 0.146 e. The van der Waals surface area contributed by atoms with Crippen molar-refractivity contribution in [2.75, 3.05) is 18.0 Å². The molecule has 1 aromatic carbocycles. The van der Waals surface area contributed by atoms with Crippen LogP contribution in [0.25, 0.3) is 0 Å². The van der Waals surface area contributed by atoms with E-state index in [1.807, 2.05) is 6.07 Å². The number of halogens is 1. The zero-order chi connectivity index (χ0) is 12.3. The summed E-state index contributed by atoms with van der Waals surface area (Å²) < 4.78 is 14.0. The van der Waals surface area contributed by atoms with Gasteiger partial charge in [-0.1, -0.05) is 19.1 Å². The van der Waals surface area contributed by atoms with E-state index in [-0.39, 0.29) is 5.82 Å². The quantitative estimate of drug-likeness (QED) is 0.864. The van der Waals surface area contributed by atoms with Crippen LogP contribution < -0.4 is 10.2 Å². The Morgan fingerprint density at radius 1 is 1.47 bits per heavy atom. The number of nitrogens with one attached hydrogen (secondary N) is 1. The number of rotatable bonds is 4. The highest BCUT2D eigenvalue weighted by Gasteiger charge is 2.24. The first-order valence-electron chi connectivity index (χ1n) is 6.48. The van der Waals surface area contributed by atoms with E-state index in [0.29, 0.717) is 6.04 Å². The van der Waals surface area contributed by atoms with Crippen LogP contribution in [0.4, 0.5) is 10.1 Å². The van der Waals surface area contributed by atoms with Crippen molar-refractivity contribution in [1.82, 2.24) is 5.32 Å². The Hall–Kier alpha value is -1.09. The molecule has 1 atom stereocenters. The molecule has 94 valence electrons. The number of anilines is 1. The summed E-state index contributed by atoms with van der Waals surface area (Å²) in [6.45, 7) is 6.87. The molecule has 1 unspecified atom stereocenters. The third kappa shape index (κ3) is 2.60. The zero-order valence-electron chi connectivity index (χ0n) is 10.7. The van der Waals surface area contributed by atoms with Crippen LogP contribution in [0, 0.1) is 5.82 Å². The number of hydrogen-bond acceptors (Lipinski definition) is 2. The largest absolute Gasteiger partial charge is 0.366 e. The van der Waals surface area contributed by atoms with Crippen LogP contribution in [0.1, 0.15) is 32.3 Å². The first kappa shape index (κ1) is 12.4. The van der Waals surface area contributed by atoms with E-state index in [1.54, 1.807) is 12.1 Å². The summed E-state index contributed by atoms with van der Waals surface area (Å²) in [6, 6.07) is 5.83. The molecule has 0 aliphatic carbocycles. The molecule has 1 aromatic rings. The lowest BCUT2D eigenvalue weighted by Gasteiger charge is -2.27. The second kappa shape index (κ2) is 5.50. The van der Waals surface area contributed by atoms with E-state index in [0.717, 1.165) is 43.7 Å². The molecule has 0 spiro atoms. The fourth-order valence-corrected chi connectivity index (χ4v) is 2.55. The molecule has 1 saturated heterocycles. The van der Waals surface area contributed by atoms with E-state index in [1.165, 1.54) is 0 Å². The average Bonchev–Trinajstić information content (AvgIpc) is 2.73. The molecule has 1 heterocycles. The van der Waals surface area contributed by atoms with E-state index >= 15 is 0 Å². The van der Waals surface area contributed by atoms with Crippen LogP contribution in [0.5, 0.6) is 0 Å². The lowest BCUT2D eigenvalue weighted by Crippen LogP contribution is -2.29. The van der Waals surface area contributed by atoms with Crippen molar-refractivity contribution in [3.8, 4) is 0 Å². The van der Waals surface area contributed by atoms with Gasteiger partial charge in [-0.3, -0.25) is 0 Å². The second-order valence-corrected chi connectivity index (χ2v) is 4.71. The van der Waals surface area contributed by atoms with Gasteiger partial charge in [-0.05, 0) is 37.9 Å². The van der Waals surface area contributed by atoms with Gasteiger partial charge in [0.2, 0.25) is 0 Å². The number of benzene rings is 1. The van der Waals surface area contributed by atoms with Crippen molar-refractivity contribution >= 4 is 5.69 Å². The third-order valence-corrected chi connectivity index (χ3v) is 3.48. The Bertz CT molecular complexity index is 378. The van der Waals surface area contributed by atoms with Gasteiger partial charge in [0.25, 0.3) is 0 Å². The molecule has 2 rings (SSSR count). The van der Waals surface area contributed by atoms with Gasteiger partial charge in [-0.15, -0.1) is 0 Å². The average molecular weight is 236 g/mol. The Morgan fingerprint density at radius 3 is 2.94 bits per heavy atom. The van der Waals surface area contributed by atoms with Crippen LogP contribution in [-0.2, 0) is 6.54 Å². The highest BCUT2D eigenvalue weighted by Crippen LogP contribution is 2.31. The van der Waals surface area contributed by atoms with Crippen LogP contribution in [0.3, 0.4) is 0 Å². The molecule has 0 radical (unpaired) electrons. The second-order valence-electron chi connectivity index (χ2n) is 4.71. The first-order chi connectivity index (χ1) is 8.24. The minimum absolute atomic E-state index is 0.0887. The van der Waals surface area contributed by atoms with E-state index in [4.69, 9.17) is 0 Å². The molecule has 0 aromatic heterocycles. The standard InChI is InChI=1S/C14H21FN2/c1-3-16-10-12-7-4-8-13(15)14(12)17-9-5-6-11(17)2/h4,7-8,11,16H,3,5-6,9-10H2,1-2H3. The molecule has 0 saturated carbocycles. The molecular weight excluding hydrogens is 215 g/mol. The SMILES string of the molecule is CCNCc1cccc(F)c1N1CCCC1C. The van der Waals surface area contributed by atoms with Crippen molar-refractivity contribution in [1.29, 1.82) is 0 Å². The minimum Gasteiger partial charge on any atom is -0.366 e. The summed E-state index contributed by atoms with van der Waals surface area (Å²) in [5.41, 5.74) is 1.87. The maximum absolute atomic E-state index is 14.0.